The summed E-state index contributed by atoms with van der Waals surface area (Å²) in [7, 11) is 0. The Labute approximate surface area is 78.7 Å². The molecule has 0 bridgehead atoms. The Kier molecular flexibility index (Phi) is 2.73. The minimum absolute atomic E-state index is 0.725. The number of nitrogen functional groups attached to an aromatic ring is 1. The maximum atomic E-state index is 9.44. The standard InChI is InChI=1S/C11H15NO/c1-11(2,13)8-7-9-5-3-4-6-10(9)12/h3-8,13H,12H2,1-2H3/b8-7+. The topological polar surface area (TPSA) is 46.2 Å². The summed E-state index contributed by atoms with van der Waals surface area (Å²) in [6.45, 7) is 3.45. The zero-order chi connectivity index (χ0) is 9.90. The summed E-state index contributed by atoms with van der Waals surface area (Å²) >= 11 is 0. The molecule has 70 valence electrons. The van der Waals surface area contributed by atoms with Gasteiger partial charge in [0.15, 0.2) is 0 Å². The molecule has 0 saturated heterocycles. The van der Waals surface area contributed by atoms with Crippen LogP contribution in [0.2, 0.25) is 0 Å². The predicted molar refractivity (Wildman–Crippen MR) is 56.2 cm³/mol. The zero-order valence-corrected chi connectivity index (χ0v) is 7.99. The largest absolute Gasteiger partial charge is 0.398 e. The summed E-state index contributed by atoms with van der Waals surface area (Å²) < 4.78 is 0. The molecule has 13 heavy (non-hydrogen) atoms. The van der Waals surface area contributed by atoms with E-state index in [4.69, 9.17) is 5.73 Å². The van der Waals surface area contributed by atoms with E-state index in [1.807, 2.05) is 30.3 Å². The molecule has 0 radical (unpaired) electrons. The van der Waals surface area contributed by atoms with Gasteiger partial charge in [-0.05, 0) is 25.5 Å². The van der Waals surface area contributed by atoms with Crippen molar-refractivity contribution >= 4 is 11.8 Å². The Morgan fingerprint density at radius 3 is 2.46 bits per heavy atom. The fourth-order valence-corrected chi connectivity index (χ4v) is 0.956. The fourth-order valence-electron chi connectivity index (χ4n) is 0.956. The Morgan fingerprint density at radius 1 is 1.31 bits per heavy atom. The van der Waals surface area contributed by atoms with E-state index in [1.165, 1.54) is 0 Å². The van der Waals surface area contributed by atoms with Crippen molar-refractivity contribution in [3.05, 3.63) is 35.9 Å². The van der Waals surface area contributed by atoms with E-state index in [2.05, 4.69) is 0 Å². The van der Waals surface area contributed by atoms with Gasteiger partial charge in [0.05, 0.1) is 5.60 Å². The molecule has 1 rings (SSSR count). The molecule has 0 aliphatic rings. The molecule has 2 heteroatoms. The van der Waals surface area contributed by atoms with Crippen LogP contribution in [0.5, 0.6) is 0 Å². The van der Waals surface area contributed by atoms with Crippen LogP contribution in [0.15, 0.2) is 30.3 Å². The van der Waals surface area contributed by atoms with E-state index in [9.17, 15) is 5.11 Å². The first kappa shape index (κ1) is 9.81. The molecule has 2 nitrogen and oxygen atoms in total. The summed E-state index contributed by atoms with van der Waals surface area (Å²) in [6, 6.07) is 7.55. The number of hydrogen-bond donors (Lipinski definition) is 2. The third-order valence-electron chi connectivity index (χ3n) is 1.67. The van der Waals surface area contributed by atoms with E-state index in [1.54, 1.807) is 19.9 Å². The molecule has 0 spiro atoms. The molecule has 0 aliphatic heterocycles. The highest BCUT2D eigenvalue weighted by Crippen LogP contribution is 2.14. The molecule has 0 saturated carbocycles. The van der Waals surface area contributed by atoms with Gasteiger partial charge in [0.25, 0.3) is 0 Å². The van der Waals surface area contributed by atoms with Crippen molar-refractivity contribution in [2.75, 3.05) is 5.73 Å². The first-order chi connectivity index (χ1) is 5.99. The quantitative estimate of drug-likeness (QED) is 0.679. The molecule has 0 unspecified atom stereocenters. The van der Waals surface area contributed by atoms with Gasteiger partial charge in [0, 0.05) is 5.69 Å². The van der Waals surface area contributed by atoms with Crippen molar-refractivity contribution in [2.24, 2.45) is 0 Å². The predicted octanol–water partition coefficient (Wildman–Crippen LogP) is 2.05. The van der Waals surface area contributed by atoms with E-state index >= 15 is 0 Å². The molecule has 0 heterocycles. The molecule has 1 aromatic rings. The Balaban J connectivity index is 2.86. The lowest BCUT2D eigenvalue weighted by molar-refractivity contribution is 0.134. The SMILES string of the molecule is CC(C)(O)/C=C/c1ccccc1N. The lowest BCUT2D eigenvalue weighted by Gasteiger charge is -2.10. The van der Waals surface area contributed by atoms with Gasteiger partial charge in [0.1, 0.15) is 0 Å². The highest BCUT2D eigenvalue weighted by molar-refractivity contribution is 5.64. The minimum atomic E-state index is -0.789. The van der Waals surface area contributed by atoms with Crippen molar-refractivity contribution in [3.63, 3.8) is 0 Å². The van der Waals surface area contributed by atoms with Crippen LogP contribution in [-0.2, 0) is 0 Å². The van der Waals surface area contributed by atoms with Crippen molar-refractivity contribution in [1.82, 2.24) is 0 Å². The summed E-state index contributed by atoms with van der Waals surface area (Å²) in [6.07, 6.45) is 3.55. The molecule has 0 aliphatic carbocycles. The van der Waals surface area contributed by atoms with E-state index < -0.39 is 5.60 Å². The minimum Gasteiger partial charge on any atom is -0.398 e. The van der Waals surface area contributed by atoms with Crippen molar-refractivity contribution in [3.8, 4) is 0 Å². The van der Waals surface area contributed by atoms with Gasteiger partial charge in [-0.15, -0.1) is 0 Å². The molecule has 3 N–H and O–H groups in total. The summed E-state index contributed by atoms with van der Waals surface area (Å²) in [5, 5.41) is 9.44. The van der Waals surface area contributed by atoms with Crippen LogP contribution in [0.4, 0.5) is 5.69 Å². The van der Waals surface area contributed by atoms with Crippen LogP contribution in [0.3, 0.4) is 0 Å². The highest BCUT2D eigenvalue weighted by Gasteiger charge is 2.05. The van der Waals surface area contributed by atoms with E-state index in [0.717, 1.165) is 11.3 Å². The first-order valence-electron chi connectivity index (χ1n) is 4.25. The number of aliphatic hydroxyl groups is 1. The third kappa shape index (κ3) is 3.30. The lowest BCUT2D eigenvalue weighted by atomic mass is 10.1. The van der Waals surface area contributed by atoms with Gasteiger partial charge in [-0.2, -0.15) is 0 Å². The molecule has 0 atom stereocenters. The molecule has 0 fully saturated rings. The van der Waals surface area contributed by atoms with Crippen LogP contribution >= 0.6 is 0 Å². The van der Waals surface area contributed by atoms with Crippen molar-refractivity contribution < 1.29 is 5.11 Å². The van der Waals surface area contributed by atoms with Crippen LogP contribution in [0, 0.1) is 0 Å². The van der Waals surface area contributed by atoms with Gasteiger partial charge in [-0.1, -0.05) is 30.4 Å². The average molecular weight is 177 g/mol. The van der Waals surface area contributed by atoms with Crippen LogP contribution in [0.1, 0.15) is 19.4 Å². The normalized spacial score (nSPS) is 12.2. The second kappa shape index (κ2) is 3.62. The number of nitrogens with two attached hydrogens (primary N) is 1. The Hall–Kier alpha value is -1.28. The molecule has 0 amide bonds. The van der Waals surface area contributed by atoms with Crippen molar-refractivity contribution in [2.45, 2.75) is 19.4 Å². The van der Waals surface area contributed by atoms with Crippen LogP contribution in [-0.4, -0.2) is 10.7 Å². The van der Waals surface area contributed by atoms with E-state index in [0.29, 0.717) is 0 Å². The van der Waals surface area contributed by atoms with Crippen LogP contribution in [0.25, 0.3) is 6.08 Å². The third-order valence-corrected chi connectivity index (χ3v) is 1.67. The van der Waals surface area contributed by atoms with Crippen LogP contribution < -0.4 is 5.73 Å². The van der Waals surface area contributed by atoms with Crippen molar-refractivity contribution in [1.29, 1.82) is 0 Å². The number of benzene rings is 1. The van der Waals surface area contributed by atoms with E-state index in [-0.39, 0.29) is 0 Å². The maximum absolute atomic E-state index is 9.44. The van der Waals surface area contributed by atoms with Gasteiger partial charge in [-0.25, -0.2) is 0 Å². The first-order valence-corrected chi connectivity index (χ1v) is 4.25. The summed E-state index contributed by atoms with van der Waals surface area (Å²) in [4.78, 5) is 0. The molecular formula is C11H15NO. The Bertz CT molecular complexity index is 310. The second-order valence-electron chi connectivity index (χ2n) is 3.62. The molecule has 0 aromatic heterocycles. The fraction of sp³-hybridized carbons (Fsp3) is 0.273. The average Bonchev–Trinajstić information content (AvgIpc) is 2.01. The number of anilines is 1. The molecular weight excluding hydrogens is 162 g/mol. The monoisotopic (exact) mass is 177 g/mol. The summed E-state index contributed by atoms with van der Waals surface area (Å²) in [5.41, 5.74) is 6.59. The maximum Gasteiger partial charge on any atom is 0.0774 e. The summed E-state index contributed by atoms with van der Waals surface area (Å²) in [5.74, 6) is 0. The smallest absolute Gasteiger partial charge is 0.0774 e. The van der Waals surface area contributed by atoms with Gasteiger partial charge in [0.2, 0.25) is 0 Å². The van der Waals surface area contributed by atoms with Gasteiger partial charge >= 0.3 is 0 Å². The van der Waals surface area contributed by atoms with Gasteiger partial charge in [-0.3, -0.25) is 0 Å². The number of para-hydroxylation sites is 1. The second-order valence-corrected chi connectivity index (χ2v) is 3.62. The number of rotatable bonds is 2. The van der Waals surface area contributed by atoms with Gasteiger partial charge < -0.3 is 10.8 Å². The molecule has 1 aromatic carbocycles. The lowest BCUT2D eigenvalue weighted by Crippen LogP contribution is -2.13. The zero-order valence-electron chi connectivity index (χ0n) is 7.99. The highest BCUT2D eigenvalue weighted by atomic mass is 16.3. The Morgan fingerprint density at radius 2 is 1.92 bits per heavy atom. The number of hydrogen-bond acceptors (Lipinski definition) is 2.